The molecule has 0 bridgehead atoms. The molecular weight excluding hydrogens is 380 g/mol. The Bertz CT molecular complexity index is 706. The first-order valence-corrected chi connectivity index (χ1v) is 8.70. The maximum atomic E-state index is 14.1. The topological polar surface area (TPSA) is 9.23 Å². The fourth-order valence-corrected chi connectivity index (χ4v) is 2.53. The molecule has 0 radical (unpaired) electrons. The summed E-state index contributed by atoms with van der Waals surface area (Å²) in [6.45, 7) is 10.1. The Morgan fingerprint density at radius 1 is 1.07 bits per heavy atom. The normalized spacial score (nSPS) is 10.4. The average molecular weight is 405 g/mol. The lowest BCUT2D eigenvalue weighted by Gasteiger charge is -2.16. The van der Waals surface area contributed by atoms with E-state index in [9.17, 15) is 17.6 Å². The van der Waals surface area contributed by atoms with Crippen LogP contribution in [0.5, 0.6) is 5.75 Å². The molecule has 2 aromatic carbocycles. The highest BCUT2D eigenvalue weighted by atomic mass is 35.5. The first-order chi connectivity index (χ1) is 12.6. The van der Waals surface area contributed by atoms with Crippen molar-refractivity contribution in [3.63, 3.8) is 0 Å². The standard InChI is InChI=1S/C17H18ClFO.C2H3F3.C2H4/c1-11(2)14-8-15(17(20-3)9-16(14)19)13-7-5-4-6-12(13)10-18;1-2(3,4)5;1-2/h4-9,11H,10H2,1-3H3;1H3;1-2H2. The third kappa shape index (κ3) is 8.48. The van der Waals surface area contributed by atoms with Crippen LogP contribution in [-0.2, 0) is 5.88 Å². The summed E-state index contributed by atoms with van der Waals surface area (Å²) in [6, 6.07) is 11.2. The van der Waals surface area contributed by atoms with Crippen molar-refractivity contribution in [3.8, 4) is 16.9 Å². The van der Waals surface area contributed by atoms with Crippen molar-refractivity contribution >= 4 is 11.6 Å². The van der Waals surface area contributed by atoms with E-state index < -0.39 is 6.18 Å². The molecule has 2 aromatic rings. The number of hydrogen-bond donors (Lipinski definition) is 0. The third-order valence-electron chi connectivity index (χ3n) is 3.39. The van der Waals surface area contributed by atoms with Crippen molar-refractivity contribution in [2.75, 3.05) is 7.11 Å². The van der Waals surface area contributed by atoms with Crippen LogP contribution in [0.1, 0.15) is 37.8 Å². The minimum absolute atomic E-state index is 0.114. The number of hydrogen-bond acceptors (Lipinski definition) is 1. The molecule has 6 heteroatoms. The number of ether oxygens (including phenoxy) is 1. The van der Waals surface area contributed by atoms with E-state index in [1.807, 2.05) is 44.2 Å². The van der Waals surface area contributed by atoms with Gasteiger partial charge in [-0.3, -0.25) is 0 Å². The number of alkyl halides is 4. The zero-order valence-electron chi connectivity index (χ0n) is 16.0. The van der Waals surface area contributed by atoms with E-state index in [0.29, 0.717) is 17.2 Å². The summed E-state index contributed by atoms with van der Waals surface area (Å²) in [5, 5.41) is 0. The van der Waals surface area contributed by atoms with E-state index in [2.05, 4.69) is 13.2 Å². The molecule has 0 saturated carbocycles. The number of methoxy groups -OCH3 is 1. The Morgan fingerprint density at radius 2 is 1.59 bits per heavy atom. The van der Waals surface area contributed by atoms with Crippen molar-refractivity contribution in [1.29, 1.82) is 0 Å². The smallest absolute Gasteiger partial charge is 0.386 e. The second-order valence-electron chi connectivity index (χ2n) is 5.80. The quantitative estimate of drug-likeness (QED) is 0.287. The van der Waals surface area contributed by atoms with E-state index in [-0.39, 0.29) is 18.7 Å². The molecule has 0 aliphatic carbocycles. The molecule has 0 spiro atoms. The lowest BCUT2D eigenvalue weighted by Crippen LogP contribution is -1.98. The van der Waals surface area contributed by atoms with Crippen LogP contribution in [0.2, 0.25) is 0 Å². The second-order valence-corrected chi connectivity index (χ2v) is 6.07. The SMILES string of the molecule is C=C.CC(F)(F)F.COc1cc(F)c(C(C)C)cc1-c1ccccc1CCl. The number of rotatable bonds is 4. The molecule has 2 rings (SSSR count). The van der Waals surface area contributed by atoms with E-state index in [4.69, 9.17) is 16.3 Å². The Balaban J connectivity index is 0.000000838. The fraction of sp³-hybridized carbons (Fsp3) is 0.333. The molecule has 0 amide bonds. The number of benzene rings is 2. The van der Waals surface area contributed by atoms with Crippen LogP contribution in [0.15, 0.2) is 49.6 Å². The Kier molecular flexibility index (Phi) is 10.8. The molecule has 0 N–H and O–H groups in total. The van der Waals surface area contributed by atoms with Gasteiger partial charge in [-0.25, -0.2) is 4.39 Å². The summed E-state index contributed by atoms with van der Waals surface area (Å²) in [5.41, 5.74) is 3.56. The van der Waals surface area contributed by atoms with Crippen molar-refractivity contribution < 1.29 is 22.3 Å². The molecule has 150 valence electrons. The summed E-state index contributed by atoms with van der Waals surface area (Å²) in [5.74, 6) is 0.824. The minimum atomic E-state index is -4.00. The second kappa shape index (κ2) is 11.7. The van der Waals surface area contributed by atoms with E-state index >= 15 is 0 Å². The zero-order valence-corrected chi connectivity index (χ0v) is 16.7. The molecule has 0 heterocycles. The molecule has 0 aromatic heterocycles. The van der Waals surface area contributed by atoms with Gasteiger partial charge < -0.3 is 4.74 Å². The Hall–Kier alpha value is -2.01. The van der Waals surface area contributed by atoms with Gasteiger partial charge in [0.2, 0.25) is 0 Å². The summed E-state index contributed by atoms with van der Waals surface area (Å²) in [7, 11) is 1.55. The van der Waals surface area contributed by atoms with Gasteiger partial charge in [0.15, 0.2) is 0 Å². The van der Waals surface area contributed by atoms with Gasteiger partial charge in [0.1, 0.15) is 11.6 Å². The van der Waals surface area contributed by atoms with Crippen LogP contribution < -0.4 is 4.74 Å². The molecule has 1 nitrogen and oxygen atoms in total. The number of halogens is 5. The summed E-state index contributed by atoms with van der Waals surface area (Å²) in [6.07, 6.45) is -4.00. The molecule has 0 fully saturated rings. The van der Waals surface area contributed by atoms with Gasteiger partial charge in [0.05, 0.1) is 7.11 Å². The van der Waals surface area contributed by atoms with Crippen LogP contribution in [0, 0.1) is 5.82 Å². The van der Waals surface area contributed by atoms with Crippen molar-refractivity contribution in [1.82, 2.24) is 0 Å². The molecule has 0 aliphatic heterocycles. The van der Waals surface area contributed by atoms with Gasteiger partial charge in [-0.1, -0.05) is 38.1 Å². The van der Waals surface area contributed by atoms with Gasteiger partial charge in [0.25, 0.3) is 0 Å². The Morgan fingerprint density at radius 3 is 2.04 bits per heavy atom. The highest BCUT2D eigenvalue weighted by Gasteiger charge is 2.16. The van der Waals surface area contributed by atoms with Crippen LogP contribution in [-0.4, -0.2) is 13.3 Å². The van der Waals surface area contributed by atoms with Gasteiger partial charge in [-0.2, -0.15) is 13.2 Å². The van der Waals surface area contributed by atoms with Crippen LogP contribution >= 0.6 is 11.6 Å². The van der Waals surface area contributed by atoms with E-state index in [1.54, 1.807) is 7.11 Å². The first-order valence-electron chi connectivity index (χ1n) is 8.16. The summed E-state index contributed by atoms with van der Waals surface area (Å²) < 4.78 is 50.5. The lowest BCUT2D eigenvalue weighted by molar-refractivity contribution is -0.110. The monoisotopic (exact) mass is 404 g/mol. The van der Waals surface area contributed by atoms with Crippen LogP contribution in [0.25, 0.3) is 11.1 Å². The molecule has 0 saturated heterocycles. The van der Waals surface area contributed by atoms with Crippen molar-refractivity contribution in [3.05, 3.63) is 66.5 Å². The van der Waals surface area contributed by atoms with Crippen molar-refractivity contribution in [2.45, 2.75) is 38.7 Å². The molecule has 0 aliphatic rings. The highest BCUT2D eigenvalue weighted by Crippen LogP contribution is 2.36. The van der Waals surface area contributed by atoms with Gasteiger partial charge in [-0.05, 0) is 28.7 Å². The predicted octanol–water partition coefficient (Wildman–Crippen LogP) is 7.73. The summed E-state index contributed by atoms with van der Waals surface area (Å²) in [4.78, 5) is 0. The Labute approximate surface area is 163 Å². The highest BCUT2D eigenvalue weighted by molar-refractivity contribution is 6.17. The largest absolute Gasteiger partial charge is 0.496 e. The molecule has 27 heavy (non-hydrogen) atoms. The first kappa shape index (κ1) is 25.0. The van der Waals surface area contributed by atoms with E-state index in [0.717, 1.165) is 16.7 Å². The zero-order chi connectivity index (χ0) is 21.2. The average Bonchev–Trinajstić information content (AvgIpc) is 2.61. The lowest BCUT2D eigenvalue weighted by atomic mass is 9.94. The molecule has 0 unspecified atom stereocenters. The van der Waals surface area contributed by atoms with Gasteiger partial charge in [0, 0.05) is 24.4 Å². The van der Waals surface area contributed by atoms with E-state index in [1.165, 1.54) is 6.07 Å². The minimum Gasteiger partial charge on any atom is -0.496 e. The maximum Gasteiger partial charge on any atom is 0.386 e. The molecular formula is C21H25ClF4O. The van der Waals surface area contributed by atoms with Gasteiger partial charge >= 0.3 is 6.18 Å². The third-order valence-corrected chi connectivity index (χ3v) is 3.68. The fourth-order valence-electron chi connectivity index (χ4n) is 2.29. The van der Waals surface area contributed by atoms with Crippen LogP contribution in [0.4, 0.5) is 17.6 Å². The molecule has 0 atom stereocenters. The van der Waals surface area contributed by atoms with Gasteiger partial charge in [-0.15, -0.1) is 24.8 Å². The predicted molar refractivity (Wildman–Crippen MR) is 105 cm³/mol. The van der Waals surface area contributed by atoms with Crippen molar-refractivity contribution in [2.24, 2.45) is 0 Å². The maximum absolute atomic E-state index is 14.1. The van der Waals surface area contributed by atoms with Crippen LogP contribution in [0.3, 0.4) is 0 Å². The summed E-state index contributed by atoms with van der Waals surface area (Å²) >= 11 is 6.00.